The van der Waals surface area contributed by atoms with Crippen LogP contribution in [0.5, 0.6) is 0 Å². The molecule has 1 saturated heterocycles. The lowest BCUT2D eigenvalue weighted by Gasteiger charge is -2.20. The Labute approximate surface area is 51.9 Å². The molecule has 0 unspecified atom stereocenters. The Kier molecular flexibility index (Phi) is 1.81. The Balaban J connectivity index is 2.31. The van der Waals surface area contributed by atoms with E-state index in [4.69, 9.17) is 0 Å². The van der Waals surface area contributed by atoms with Gasteiger partial charge >= 0.3 is 0 Å². The predicted molar refractivity (Wildman–Crippen MR) is 29.7 cm³/mol. The van der Waals surface area contributed by atoms with Crippen LogP contribution in [-0.2, 0) is 0 Å². The van der Waals surface area contributed by atoms with E-state index in [1.807, 2.05) is 0 Å². The van der Waals surface area contributed by atoms with E-state index < -0.39 is 5.03 Å². The van der Waals surface area contributed by atoms with Crippen molar-refractivity contribution in [2.45, 2.75) is 0 Å². The Bertz CT molecular complexity index is 110. The highest BCUT2D eigenvalue weighted by molar-refractivity contribution is 4.49. The standard InChI is InChI=1S/C3H8N4O2/c8-7(9)6-2-4-1-5-3-6/h4-5H,1-3H2. The molecule has 1 heterocycles. The SMILES string of the molecule is O=[N+]([O-])N1CNCNC1. The van der Waals surface area contributed by atoms with Crippen LogP contribution in [-0.4, -0.2) is 30.0 Å². The summed E-state index contributed by atoms with van der Waals surface area (Å²) in [5.74, 6) is 0. The number of hydrogen-bond donors (Lipinski definition) is 2. The number of nitro groups is 1. The third-order valence-corrected chi connectivity index (χ3v) is 1.07. The van der Waals surface area contributed by atoms with Gasteiger partial charge in [-0.25, -0.2) is 10.1 Å². The molecule has 1 aliphatic heterocycles. The first-order chi connectivity index (χ1) is 4.30. The third-order valence-electron chi connectivity index (χ3n) is 1.07. The van der Waals surface area contributed by atoms with Crippen molar-refractivity contribution < 1.29 is 5.03 Å². The van der Waals surface area contributed by atoms with Crippen LogP contribution in [0.15, 0.2) is 0 Å². The fourth-order valence-electron chi connectivity index (χ4n) is 0.630. The van der Waals surface area contributed by atoms with E-state index in [2.05, 4.69) is 10.6 Å². The molecule has 6 nitrogen and oxygen atoms in total. The van der Waals surface area contributed by atoms with Crippen molar-refractivity contribution in [2.24, 2.45) is 0 Å². The molecule has 0 aliphatic carbocycles. The molecule has 0 aromatic carbocycles. The van der Waals surface area contributed by atoms with Gasteiger partial charge in [-0.3, -0.25) is 10.6 Å². The van der Waals surface area contributed by atoms with Gasteiger partial charge in [0.05, 0.1) is 0 Å². The predicted octanol–water partition coefficient (Wildman–Crippen LogP) is -1.45. The van der Waals surface area contributed by atoms with E-state index in [0.717, 1.165) is 5.01 Å². The van der Waals surface area contributed by atoms with Crippen molar-refractivity contribution in [3.05, 3.63) is 10.1 Å². The molecule has 0 aromatic rings. The highest BCUT2D eigenvalue weighted by Crippen LogP contribution is 1.85. The zero-order chi connectivity index (χ0) is 6.69. The number of rotatable bonds is 1. The number of hydrogen-bond acceptors (Lipinski definition) is 4. The van der Waals surface area contributed by atoms with Gasteiger partial charge in [0.15, 0.2) is 5.03 Å². The smallest absolute Gasteiger partial charge is 0.162 e. The van der Waals surface area contributed by atoms with E-state index in [1.54, 1.807) is 0 Å². The highest BCUT2D eigenvalue weighted by Gasteiger charge is 2.15. The molecule has 2 N–H and O–H groups in total. The summed E-state index contributed by atoms with van der Waals surface area (Å²) in [5.41, 5.74) is 0. The number of hydrazine groups is 1. The zero-order valence-electron chi connectivity index (χ0n) is 4.83. The van der Waals surface area contributed by atoms with Gasteiger partial charge in [0.2, 0.25) is 0 Å². The normalized spacial score (nSPS) is 19.8. The maximum absolute atomic E-state index is 10.0. The van der Waals surface area contributed by atoms with Crippen LogP contribution in [0.4, 0.5) is 0 Å². The molecule has 0 saturated carbocycles. The van der Waals surface area contributed by atoms with E-state index in [1.165, 1.54) is 0 Å². The first-order valence-corrected chi connectivity index (χ1v) is 2.61. The molecule has 0 spiro atoms. The van der Waals surface area contributed by atoms with Gasteiger partial charge in [-0.15, -0.1) is 5.01 Å². The fourth-order valence-corrected chi connectivity index (χ4v) is 0.630. The lowest BCUT2D eigenvalue weighted by Crippen LogP contribution is -2.52. The van der Waals surface area contributed by atoms with Crippen LogP contribution < -0.4 is 10.6 Å². The number of nitrogens with zero attached hydrogens (tertiary/aromatic N) is 2. The van der Waals surface area contributed by atoms with Crippen LogP contribution in [0.2, 0.25) is 0 Å². The van der Waals surface area contributed by atoms with Crippen LogP contribution in [0.1, 0.15) is 0 Å². The highest BCUT2D eigenvalue weighted by atomic mass is 16.7. The van der Waals surface area contributed by atoms with Gasteiger partial charge in [-0.2, -0.15) is 0 Å². The Morgan fingerprint density at radius 1 is 1.44 bits per heavy atom. The van der Waals surface area contributed by atoms with Crippen molar-refractivity contribution in [2.75, 3.05) is 20.0 Å². The minimum Gasteiger partial charge on any atom is -0.282 e. The summed E-state index contributed by atoms with van der Waals surface area (Å²) in [7, 11) is 0. The maximum Gasteiger partial charge on any atom is 0.162 e. The van der Waals surface area contributed by atoms with Crippen LogP contribution in [0.3, 0.4) is 0 Å². The molecular formula is C3H8N4O2. The largest absolute Gasteiger partial charge is 0.282 e. The molecule has 0 aromatic heterocycles. The van der Waals surface area contributed by atoms with E-state index in [0.29, 0.717) is 20.0 Å². The van der Waals surface area contributed by atoms with Gasteiger partial charge < -0.3 is 0 Å². The van der Waals surface area contributed by atoms with Gasteiger partial charge in [-0.1, -0.05) is 0 Å². The van der Waals surface area contributed by atoms with Crippen LogP contribution in [0.25, 0.3) is 0 Å². The molecule has 0 radical (unpaired) electrons. The van der Waals surface area contributed by atoms with E-state index in [9.17, 15) is 10.1 Å². The minimum absolute atomic E-state index is 0.319. The average Bonchev–Trinajstić information content (AvgIpc) is 1.90. The summed E-state index contributed by atoms with van der Waals surface area (Å²) in [6.45, 7) is 1.28. The number of nitrogens with one attached hydrogen (secondary N) is 2. The second-order valence-corrected chi connectivity index (χ2v) is 1.74. The topological polar surface area (TPSA) is 70.4 Å². The first kappa shape index (κ1) is 6.24. The van der Waals surface area contributed by atoms with E-state index in [-0.39, 0.29) is 0 Å². The molecule has 9 heavy (non-hydrogen) atoms. The van der Waals surface area contributed by atoms with Crippen LogP contribution in [0, 0.1) is 10.1 Å². The summed E-state index contributed by atoms with van der Waals surface area (Å²) in [5, 5.41) is 16.2. The molecule has 0 amide bonds. The van der Waals surface area contributed by atoms with Gasteiger partial charge in [0, 0.05) is 6.67 Å². The summed E-state index contributed by atoms with van der Waals surface area (Å²) in [6, 6.07) is 0. The summed E-state index contributed by atoms with van der Waals surface area (Å²) in [4.78, 5) is 10.0. The van der Waals surface area contributed by atoms with E-state index >= 15 is 0 Å². The average molecular weight is 132 g/mol. The van der Waals surface area contributed by atoms with Crippen molar-refractivity contribution in [1.29, 1.82) is 0 Å². The van der Waals surface area contributed by atoms with Gasteiger partial charge in [-0.05, 0) is 0 Å². The Morgan fingerprint density at radius 3 is 2.33 bits per heavy atom. The van der Waals surface area contributed by atoms with Gasteiger partial charge in [0.1, 0.15) is 13.3 Å². The van der Waals surface area contributed by atoms with Crippen molar-refractivity contribution >= 4 is 0 Å². The first-order valence-electron chi connectivity index (χ1n) is 2.61. The summed E-state index contributed by atoms with van der Waals surface area (Å²) < 4.78 is 0. The van der Waals surface area contributed by atoms with Crippen molar-refractivity contribution in [1.82, 2.24) is 15.6 Å². The molecule has 0 bridgehead atoms. The molecule has 1 aliphatic rings. The third kappa shape index (κ3) is 1.51. The molecule has 6 heteroatoms. The van der Waals surface area contributed by atoms with Gasteiger partial charge in [0.25, 0.3) is 0 Å². The van der Waals surface area contributed by atoms with Crippen molar-refractivity contribution in [3.63, 3.8) is 0 Å². The molecular weight excluding hydrogens is 124 g/mol. The summed E-state index contributed by atoms with van der Waals surface area (Å²) in [6.07, 6.45) is 0. The zero-order valence-corrected chi connectivity index (χ0v) is 4.83. The molecule has 1 rings (SSSR count). The Morgan fingerprint density at radius 2 is 2.00 bits per heavy atom. The second kappa shape index (κ2) is 2.60. The quantitative estimate of drug-likeness (QED) is 0.337. The van der Waals surface area contributed by atoms with Crippen molar-refractivity contribution in [3.8, 4) is 0 Å². The second-order valence-electron chi connectivity index (χ2n) is 1.74. The fraction of sp³-hybridized carbons (Fsp3) is 1.00. The lowest BCUT2D eigenvalue weighted by molar-refractivity contribution is -0.659. The lowest BCUT2D eigenvalue weighted by atomic mass is 10.7. The molecule has 52 valence electrons. The Hall–Kier alpha value is -0.880. The van der Waals surface area contributed by atoms with Crippen LogP contribution >= 0.6 is 0 Å². The molecule has 0 atom stereocenters. The monoisotopic (exact) mass is 132 g/mol. The summed E-state index contributed by atoms with van der Waals surface area (Å²) >= 11 is 0. The molecule has 1 fully saturated rings. The minimum atomic E-state index is -0.431. The maximum atomic E-state index is 10.0.